The highest BCUT2D eigenvalue weighted by molar-refractivity contribution is 8.00. The number of benzene rings is 1. The van der Waals surface area contributed by atoms with Gasteiger partial charge in [0.1, 0.15) is 11.1 Å². The van der Waals surface area contributed by atoms with E-state index in [-0.39, 0.29) is 11.7 Å². The zero-order valence-corrected chi connectivity index (χ0v) is 14.7. The standard InChI is InChI=1S/C18H17N3O3S/c1-3-24-18(23)13-6-8-15(9-7-13)21-16(22)11-25-17-14(10-19)5-4-12(2)20-17/h4-9H,3,11H2,1-2H3,(H,21,22). The first kappa shape index (κ1) is 18.5. The van der Waals surface area contributed by atoms with Crippen molar-refractivity contribution in [2.75, 3.05) is 17.7 Å². The summed E-state index contributed by atoms with van der Waals surface area (Å²) >= 11 is 1.21. The number of hydrogen-bond acceptors (Lipinski definition) is 6. The smallest absolute Gasteiger partial charge is 0.338 e. The number of aryl methyl sites for hydroxylation is 1. The average molecular weight is 355 g/mol. The third-order valence-electron chi connectivity index (χ3n) is 3.14. The molecule has 1 N–H and O–H groups in total. The van der Waals surface area contributed by atoms with Gasteiger partial charge < -0.3 is 10.1 Å². The van der Waals surface area contributed by atoms with Crippen molar-refractivity contribution >= 4 is 29.3 Å². The van der Waals surface area contributed by atoms with Gasteiger partial charge in [-0.15, -0.1) is 0 Å². The van der Waals surface area contributed by atoms with Gasteiger partial charge in [0.2, 0.25) is 5.91 Å². The zero-order chi connectivity index (χ0) is 18.2. The van der Waals surface area contributed by atoms with Crippen LogP contribution in [-0.4, -0.2) is 29.2 Å². The number of amides is 1. The Balaban J connectivity index is 1.94. The molecule has 0 aliphatic rings. The number of hydrogen-bond donors (Lipinski definition) is 1. The Morgan fingerprint density at radius 3 is 2.60 bits per heavy atom. The summed E-state index contributed by atoms with van der Waals surface area (Å²) in [6, 6.07) is 12.0. The summed E-state index contributed by atoms with van der Waals surface area (Å²) in [5.41, 5.74) is 2.24. The molecule has 0 atom stereocenters. The summed E-state index contributed by atoms with van der Waals surface area (Å²) in [5.74, 6) is -0.489. The van der Waals surface area contributed by atoms with Crippen LogP contribution in [0.2, 0.25) is 0 Å². The van der Waals surface area contributed by atoms with E-state index < -0.39 is 5.97 Å². The molecule has 1 heterocycles. The monoisotopic (exact) mass is 355 g/mol. The molecule has 25 heavy (non-hydrogen) atoms. The topological polar surface area (TPSA) is 92.1 Å². The van der Waals surface area contributed by atoms with Crippen molar-refractivity contribution in [3.8, 4) is 6.07 Å². The van der Waals surface area contributed by atoms with E-state index in [0.717, 1.165) is 5.69 Å². The Hall–Kier alpha value is -2.85. The van der Waals surface area contributed by atoms with Crippen molar-refractivity contribution in [1.82, 2.24) is 4.98 Å². The van der Waals surface area contributed by atoms with Crippen LogP contribution in [0.4, 0.5) is 5.69 Å². The lowest BCUT2D eigenvalue weighted by Gasteiger charge is -2.07. The fourth-order valence-corrected chi connectivity index (χ4v) is 2.78. The summed E-state index contributed by atoms with van der Waals surface area (Å²) in [7, 11) is 0. The van der Waals surface area contributed by atoms with Crippen LogP contribution in [0.3, 0.4) is 0 Å². The lowest BCUT2D eigenvalue weighted by molar-refractivity contribution is -0.113. The van der Waals surface area contributed by atoms with Gasteiger partial charge in [-0.25, -0.2) is 9.78 Å². The second-order valence-corrected chi connectivity index (χ2v) is 6.02. The van der Waals surface area contributed by atoms with Gasteiger partial charge in [0.05, 0.1) is 23.5 Å². The molecule has 0 saturated carbocycles. The van der Waals surface area contributed by atoms with E-state index in [1.807, 2.05) is 6.92 Å². The third-order valence-corrected chi connectivity index (χ3v) is 4.13. The van der Waals surface area contributed by atoms with Crippen LogP contribution in [0, 0.1) is 18.3 Å². The van der Waals surface area contributed by atoms with Crippen LogP contribution in [0.15, 0.2) is 41.4 Å². The molecule has 128 valence electrons. The molecule has 0 aliphatic carbocycles. The molecule has 0 saturated heterocycles. The first-order valence-electron chi connectivity index (χ1n) is 7.61. The number of nitrogens with zero attached hydrogens (tertiary/aromatic N) is 2. The van der Waals surface area contributed by atoms with Crippen LogP contribution in [0.1, 0.15) is 28.5 Å². The number of nitrogens with one attached hydrogen (secondary N) is 1. The van der Waals surface area contributed by atoms with Crippen molar-refractivity contribution in [2.24, 2.45) is 0 Å². The normalized spacial score (nSPS) is 9.96. The number of nitriles is 1. The molecule has 1 aromatic carbocycles. The highest BCUT2D eigenvalue weighted by Crippen LogP contribution is 2.21. The van der Waals surface area contributed by atoms with Gasteiger partial charge >= 0.3 is 5.97 Å². The quantitative estimate of drug-likeness (QED) is 0.632. The Morgan fingerprint density at radius 2 is 1.96 bits per heavy atom. The van der Waals surface area contributed by atoms with Crippen LogP contribution in [0.25, 0.3) is 0 Å². The lowest BCUT2D eigenvalue weighted by Crippen LogP contribution is -2.14. The second-order valence-electron chi connectivity index (χ2n) is 5.05. The number of pyridine rings is 1. The molecule has 7 heteroatoms. The number of esters is 1. The Morgan fingerprint density at radius 1 is 1.24 bits per heavy atom. The molecule has 2 aromatic rings. The molecule has 0 bridgehead atoms. The molecule has 0 unspecified atom stereocenters. The van der Waals surface area contributed by atoms with Crippen LogP contribution < -0.4 is 5.32 Å². The predicted octanol–water partition coefficient (Wildman–Crippen LogP) is 3.17. The molecule has 0 spiro atoms. The highest BCUT2D eigenvalue weighted by atomic mass is 32.2. The van der Waals surface area contributed by atoms with Gasteiger partial charge in [-0.2, -0.15) is 5.26 Å². The Labute approximate surface area is 150 Å². The maximum absolute atomic E-state index is 12.1. The van der Waals surface area contributed by atoms with Gasteiger partial charge in [-0.05, 0) is 50.2 Å². The number of anilines is 1. The zero-order valence-electron chi connectivity index (χ0n) is 13.9. The largest absolute Gasteiger partial charge is 0.462 e. The Kier molecular flexibility index (Phi) is 6.54. The van der Waals surface area contributed by atoms with E-state index in [2.05, 4.69) is 16.4 Å². The Bertz CT molecular complexity index is 813. The minimum absolute atomic E-state index is 0.130. The molecule has 2 rings (SSSR count). The van der Waals surface area contributed by atoms with Crippen molar-refractivity contribution in [3.05, 3.63) is 53.2 Å². The number of carbonyl (C=O) groups is 2. The van der Waals surface area contributed by atoms with E-state index in [0.29, 0.717) is 28.4 Å². The first-order valence-corrected chi connectivity index (χ1v) is 8.59. The number of carbonyl (C=O) groups excluding carboxylic acids is 2. The van der Waals surface area contributed by atoms with Crippen molar-refractivity contribution < 1.29 is 14.3 Å². The van der Waals surface area contributed by atoms with Gasteiger partial charge in [-0.3, -0.25) is 4.79 Å². The van der Waals surface area contributed by atoms with E-state index in [1.165, 1.54) is 11.8 Å². The predicted molar refractivity (Wildman–Crippen MR) is 95.4 cm³/mol. The molecule has 0 fully saturated rings. The van der Waals surface area contributed by atoms with Crippen molar-refractivity contribution in [2.45, 2.75) is 18.9 Å². The fraction of sp³-hybridized carbons (Fsp3) is 0.222. The molecule has 0 radical (unpaired) electrons. The van der Waals surface area contributed by atoms with E-state index >= 15 is 0 Å². The third kappa shape index (κ3) is 5.33. The second kappa shape index (κ2) is 8.85. The number of rotatable bonds is 6. The van der Waals surface area contributed by atoms with Gasteiger partial charge in [0, 0.05) is 11.4 Å². The summed E-state index contributed by atoms with van der Waals surface area (Å²) in [6.07, 6.45) is 0. The molecule has 6 nitrogen and oxygen atoms in total. The molecular weight excluding hydrogens is 338 g/mol. The number of thioether (sulfide) groups is 1. The van der Waals surface area contributed by atoms with Crippen LogP contribution in [0.5, 0.6) is 0 Å². The van der Waals surface area contributed by atoms with Crippen molar-refractivity contribution in [1.29, 1.82) is 5.26 Å². The van der Waals surface area contributed by atoms with Gasteiger partial charge in [0.25, 0.3) is 0 Å². The summed E-state index contributed by atoms with van der Waals surface area (Å²) in [5, 5.41) is 12.4. The summed E-state index contributed by atoms with van der Waals surface area (Å²) in [6.45, 7) is 3.88. The van der Waals surface area contributed by atoms with Crippen LogP contribution >= 0.6 is 11.8 Å². The summed E-state index contributed by atoms with van der Waals surface area (Å²) < 4.78 is 4.90. The molecule has 1 amide bonds. The molecule has 1 aromatic heterocycles. The minimum Gasteiger partial charge on any atom is -0.462 e. The number of ether oxygens (including phenoxy) is 1. The average Bonchev–Trinajstić information content (AvgIpc) is 2.61. The maximum atomic E-state index is 12.1. The highest BCUT2D eigenvalue weighted by Gasteiger charge is 2.10. The van der Waals surface area contributed by atoms with Gasteiger partial charge in [-0.1, -0.05) is 11.8 Å². The van der Waals surface area contributed by atoms with E-state index in [9.17, 15) is 9.59 Å². The van der Waals surface area contributed by atoms with Gasteiger partial charge in [0.15, 0.2) is 0 Å². The van der Waals surface area contributed by atoms with E-state index in [1.54, 1.807) is 43.3 Å². The number of aromatic nitrogens is 1. The molecule has 0 aliphatic heterocycles. The fourth-order valence-electron chi connectivity index (χ4n) is 1.96. The SMILES string of the molecule is CCOC(=O)c1ccc(NC(=O)CSc2nc(C)ccc2C#N)cc1. The lowest BCUT2D eigenvalue weighted by atomic mass is 10.2. The van der Waals surface area contributed by atoms with Crippen LogP contribution in [-0.2, 0) is 9.53 Å². The van der Waals surface area contributed by atoms with E-state index in [4.69, 9.17) is 10.00 Å². The van der Waals surface area contributed by atoms with Crippen molar-refractivity contribution in [3.63, 3.8) is 0 Å². The summed E-state index contributed by atoms with van der Waals surface area (Å²) in [4.78, 5) is 27.9. The molecular formula is C18H17N3O3S. The first-order chi connectivity index (χ1) is 12.0. The maximum Gasteiger partial charge on any atom is 0.338 e. The minimum atomic E-state index is -0.398.